The molecular formula is C29H32ClN3O4. The maximum Gasteiger partial charge on any atom is 0.271 e. The topological polar surface area (TPSA) is 83.4 Å². The standard InChI is InChI=1S/C29H32ClN3O4/c1-36-28-19-25(9-7-24(28)20-31-32-29(35)23-8-10-27(34)26(30)18-23)37-16-15-33-13-11-22(12-14-33)17-21-5-3-2-4-6-21/h2-10,18-20,22,34H,11-17H2,1H3,(H,32,35)/b31-20+. The molecule has 0 aromatic heterocycles. The summed E-state index contributed by atoms with van der Waals surface area (Å²) in [5.41, 5.74) is 4.85. The average Bonchev–Trinajstić information content (AvgIpc) is 2.92. The van der Waals surface area contributed by atoms with Gasteiger partial charge >= 0.3 is 0 Å². The number of rotatable bonds is 10. The van der Waals surface area contributed by atoms with Gasteiger partial charge in [0.05, 0.1) is 18.3 Å². The Morgan fingerprint density at radius 2 is 1.92 bits per heavy atom. The van der Waals surface area contributed by atoms with Gasteiger partial charge in [-0.2, -0.15) is 5.10 Å². The molecule has 1 aliphatic rings. The van der Waals surface area contributed by atoms with E-state index in [4.69, 9.17) is 21.1 Å². The predicted octanol–water partition coefficient (Wildman–Crippen LogP) is 5.15. The van der Waals surface area contributed by atoms with Crippen LogP contribution in [0.1, 0.15) is 34.3 Å². The van der Waals surface area contributed by atoms with Crippen molar-refractivity contribution in [1.29, 1.82) is 0 Å². The van der Waals surface area contributed by atoms with Crippen LogP contribution in [0, 0.1) is 5.92 Å². The van der Waals surface area contributed by atoms with Crippen molar-refractivity contribution in [3.63, 3.8) is 0 Å². The lowest BCUT2D eigenvalue weighted by atomic mass is 9.90. The Kier molecular flexibility index (Phi) is 9.40. The molecule has 0 unspecified atom stereocenters. The number of phenolic OH excluding ortho intramolecular Hbond substituents is 1. The number of nitrogens with one attached hydrogen (secondary N) is 1. The number of hydrogen-bond acceptors (Lipinski definition) is 6. The van der Waals surface area contributed by atoms with Crippen LogP contribution < -0.4 is 14.9 Å². The maximum absolute atomic E-state index is 12.2. The van der Waals surface area contributed by atoms with Crippen LogP contribution in [0.15, 0.2) is 71.8 Å². The number of amides is 1. The number of phenols is 1. The molecule has 0 aliphatic carbocycles. The van der Waals surface area contributed by atoms with Gasteiger partial charge in [0.25, 0.3) is 5.91 Å². The van der Waals surface area contributed by atoms with Crippen LogP contribution in [0.4, 0.5) is 0 Å². The summed E-state index contributed by atoms with van der Waals surface area (Å²) in [7, 11) is 1.58. The minimum Gasteiger partial charge on any atom is -0.506 e. The third-order valence-electron chi connectivity index (χ3n) is 6.54. The largest absolute Gasteiger partial charge is 0.506 e. The summed E-state index contributed by atoms with van der Waals surface area (Å²) in [4.78, 5) is 14.7. The number of nitrogens with zero attached hydrogens (tertiary/aromatic N) is 2. The van der Waals surface area contributed by atoms with Crippen LogP contribution in [0.2, 0.25) is 5.02 Å². The molecule has 3 aromatic carbocycles. The number of carbonyl (C=O) groups is 1. The highest BCUT2D eigenvalue weighted by molar-refractivity contribution is 6.32. The monoisotopic (exact) mass is 521 g/mol. The molecule has 0 spiro atoms. The van der Waals surface area contributed by atoms with Gasteiger partial charge in [-0.3, -0.25) is 9.69 Å². The number of likely N-dealkylation sites (tertiary alicyclic amines) is 1. The van der Waals surface area contributed by atoms with Gasteiger partial charge in [0.15, 0.2) is 0 Å². The van der Waals surface area contributed by atoms with E-state index in [2.05, 4.69) is 45.8 Å². The van der Waals surface area contributed by atoms with Crippen molar-refractivity contribution in [3.05, 3.63) is 88.4 Å². The molecule has 7 nitrogen and oxygen atoms in total. The fourth-order valence-electron chi connectivity index (χ4n) is 4.42. The molecular weight excluding hydrogens is 490 g/mol. The van der Waals surface area contributed by atoms with Crippen molar-refractivity contribution >= 4 is 23.7 Å². The van der Waals surface area contributed by atoms with Gasteiger partial charge in [0.2, 0.25) is 0 Å². The Morgan fingerprint density at radius 1 is 1.14 bits per heavy atom. The number of halogens is 1. The molecule has 8 heteroatoms. The smallest absolute Gasteiger partial charge is 0.271 e. The first kappa shape index (κ1) is 26.5. The van der Waals surface area contributed by atoms with E-state index in [1.54, 1.807) is 7.11 Å². The molecule has 1 saturated heterocycles. The van der Waals surface area contributed by atoms with Crippen LogP contribution in [0.25, 0.3) is 0 Å². The first-order valence-electron chi connectivity index (χ1n) is 12.4. The molecule has 194 valence electrons. The maximum atomic E-state index is 12.2. The van der Waals surface area contributed by atoms with Crippen molar-refractivity contribution in [2.45, 2.75) is 19.3 Å². The lowest BCUT2D eigenvalue weighted by Gasteiger charge is -2.31. The Balaban J connectivity index is 1.22. The molecule has 1 amide bonds. The fourth-order valence-corrected chi connectivity index (χ4v) is 4.60. The zero-order chi connectivity index (χ0) is 26.0. The second-order valence-electron chi connectivity index (χ2n) is 9.09. The minimum absolute atomic E-state index is 0.0860. The minimum atomic E-state index is -0.443. The molecule has 37 heavy (non-hydrogen) atoms. The van der Waals surface area contributed by atoms with E-state index in [1.807, 2.05) is 18.2 Å². The van der Waals surface area contributed by atoms with Crippen molar-refractivity contribution in [2.75, 3.05) is 33.4 Å². The van der Waals surface area contributed by atoms with Crippen molar-refractivity contribution < 1.29 is 19.4 Å². The molecule has 4 rings (SSSR count). The zero-order valence-corrected chi connectivity index (χ0v) is 21.7. The summed E-state index contributed by atoms with van der Waals surface area (Å²) in [5, 5.41) is 13.6. The van der Waals surface area contributed by atoms with Crippen LogP contribution in [-0.2, 0) is 6.42 Å². The Morgan fingerprint density at radius 3 is 2.65 bits per heavy atom. The highest BCUT2D eigenvalue weighted by Gasteiger charge is 2.19. The summed E-state index contributed by atoms with van der Waals surface area (Å²) in [6.45, 7) is 3.69. The molecule has 1 aliphatic heterocycles. The Bertz CT molecular complexity index is 1210. The Labute approximate surface area is 222 Å². The first-order valence-corrected chi connectivity index (χ1v) is 12.8. The SMILES string of the molecule is COc1cc(OCCN2CCC(Cc3ccccc3)CC2)ccc1/C=N/NC(=O)c1ccc(O)c(Cl)c1. The summed E-state index contributed by atoms with van der Waals surface area (Å²) >= 11 is 5.86. The van der Waals surface area contributed by atoms with Gasteiger partial charge in [-0.05, 0) is 74.2 Å². The zero-order valence-electron chi connectivity index (χ0n) is 20.9. The van der Waals surface area contributed by atoms with Crippen LogP contribution in [0.5, 0.6) is 17.2 Å². The second-order valence-corrected chi connectivity index (χ2v) is 9.50. The lowest BCUT2D eigenvalue weighted by molar-refractivity contribution is 0.0955. The van der Waals surface area contributed by atoms with Crippen LogP contribution in [-0.4, -0.2) is 55.5 Å². The van der Waals surface area contributed by atoms with Crippen molar-refractivity contribution in [2.24, 2.45) is 11.0 Å². The van der Waals surface area contributed by atoms with Crippen LogP contribution in [0.3, 0.4) is 0 Å². The van der Waals surface area contributed by atoms with E-state index in [-0.39, 0.29) is 16.3 Å². The number of aromatic hydroxyl groups is 1. The molecule has 0 atom stereocenters. The van der Waals surface area contributed by atoms with Gasteiger partial charge in [0.1, 0.15) is 23.9 Å². The number of ether oxygens (including phenoxy) is 2. The van der Waals surface area contributed by atoms with Gasteiger partial charge in [-0.15, -0.1) is 0 Å². The Hall–Kier alpha value is -3.55. The number of hydrogen-bond donors (Lipinski definition) is 2. The van der Waals surface area contributed by atoms with Crippen LogP contribution >= 0.6 is 11.6 Å². The second kappa shape index (κ2) is 13.1. The molecule has 0 radical (unpaired) electrons. The predicted molar refractivity (Wildman–Crippen MR) is 146 cm³/mol. The fraction of sp³-hybridized carbons (Fsp3) is 0.310. The molecule has 1 fully saturated rings. The first-order chi connectivity index (χ1) is 18.0. The highest BCUT2D eigenvalue weighted by Crippen LogP contribution is 2.25. The summed E-state index contributed by atoms with van der Waals surface area (Å²) in [6, 6.07) is 20.4. The van der Waals surface area contributed by atoms with Gasteiger partial charge in [-0.1, -0.05) is 41.9 Å². The number of benzene rings is 3. The van der Waals surface area contributed by atoms with Gasteiger partial charge < -0.3 is 14.6 Å². The van der Waals surface area contributed by atoms with E-state index >= 15 is 0 Å². The highest BCUT2D eigenvalue weighted by atomic mass is 35.5. The third kappa shape index (κ3) is 7.71. The van der Waals surface area contributed by atoms with Gasteiger partial charge in [-0.25, -0.2) is 5.43 Å². The average molecular weight is 522 g/mol. The van der Waals surface area contributed by atoms with E-state index in [0.29, 0.717) is 17.9 Å². The van der Waals surface area contributed by atoms with Crippen molar-refractivity contribution in [1.82, 2.24) is 10.3 Å². The lowest BCUT2D eigenvalue weighted by Crippen LogP contribution is -2.37. The number of piperidine rings is 1. The van der Waals surface area contributed by atoms with E-state index in [0.717, 1.165) is 37.7 Å². The summed E-state index contributed by atoms with van der Waals surface area (Å²) in [5.74, 6) is 1.53. The molecule has 1 heterocycles. The van der Waals surface area contributed by atoms with E-state index < -0.39 is 5.91 Å². The number of carbonyl (C=O) groups excluding carboxylic acids is 1. The van der Waals surface area contributed by atoms with Crippen molar-refractivity contribution in [3.8, 4) is 17.2 Å². The normalized spacial score (nSPS) is 14.5. The summed E-state index contributed by atoms with van der Waals surface area (Å²) < 4.78 is 11.5. The molecule has 0 bridgehead atoms. The van der Waals surface area contributed by atoms with E-state index in [1.165, 1.54) is 42.8 Å². The quantitative estimate of drug-likeness (QED) is 0.285. The van der Waals surface area contributed by atoms with Gasteiger partial charge in [0, 0.05) is 23.7 Å². The number of methoxy groups -OCH3 is 1. The molecule has 2 N–H and O–H groups in total. The molecule has 0 saturated carbocycles. The summed E-state index contributed by atoms with van der Waals surface area (Å²) in [6.07, 6.45) is 5.09. The number of hydrazone groups is 1. The third-order valence-corrected chi connectivity index (χ3v) is 6.84. The van der Waals surface area contributed by atoms with E-state index in [9.17, 15) is 9.90 Å². The molecule has 3 aromatic rings.